The van der Waals surface area contributed by atoms with Crippen LogP contribution in [0.2, 0.25) is 0 Å². The summed E-state index contributed by atoms with van der Waals surface area (Å²) >= 11 is 0. The monoisotopic (exact) mass is 235 g/mol. The van der Waals surface area contributed by atoms with Gasteiger partial charge < -0.3 is 5.32 Å². The Bertz CT molecular complexity index is 335. The van der Waals surface area contributed by atoms with Gasteiger partial charge in [-0.2, -0.15) is 5.10 Å². The lowest BCUT2D eigenvalue weighted by Crippen LogP contribution is -2.12. The molecule has 0 bridgehead atoms. The van der Waals surface area contributed by atoms with E-state index in [0.29, 0.717) is 6.04 Å². The first-order valence-electron chi connectivity index (χ1n) is 7.06. The second-order valence-electron chi connectivity index (χ2n) is 5.15. The summed E-state index contributed by atoms with van der Waals surface area (Å²) in [5.41, 5.74) is 2.55. The fourth-order valence-corrected chi connectivity index (χ4v) is 2.66. The summed E-state index contributed by atoms with van der Waals surface area (Å²) in [6.45, 7) is 6.24. The number of rotatable bonds is 4. The molecule has 0 unspecified atom stereocenters. The van der Waals surface area contributed by atoms with E-state index in [1.165, 1.54) is 49.8 Å². The molecule has 3 heteroatoms. The van der Waals surface area contributed by atoms with E-state index in [4.69, 9.17) is 5.10 Å². The summed E-state index contributed by atoms with van der Waals surface area (Å²) in [5.74, 6) is 0. The minimum absolute atomic E-state index is 0.645. The molecule has 0 spiro atoms. The molecule has 1 N–H and O–H groups in total. The van der Waals surface area contributed by atoms with Crippen molar-refractivity contribution in [3.05, 3.63) is 17.5 Å². The molecule has 1 heterocycles. The molecule has 96 valence electrons. The fraction of sp³-hybridized carbons (Fsp3) is 0.786. The first kappa shape index (κ1) is 12.6. The third-order valence-electron chi connectivity index (χ3n) is 3.78. The molecular weight excluding hydrogens is 210 g/mol. The van der Waals surface area contributed by atoms with Gasteiger partial charge in [-0.05, 0) is 26.3 Å². The van der Waals surface area contributed by atoms with Crippen LogP contribution < -0.4 is 5.32 Å². The third-order valence-corrected chi connectivity index (χ3v) is 3.78. The van der Waals surface area contributed by atoms with E-state index in [1.54, 1.807) is 0 Å². The van der Waals surface area contributed by atoms with Crippen LogP contribution in [0.3, 0.4) is 0 Å². The van der Waals surface area contributed by atoms with E-state index in [9.17, 15) is 0 Å². The number of aryl methyl sites for hydroxylation is 1. The topological polar surface area (TPSA) is 29.9 Å². The summed E-state index contributed by atoms with van der Waals surface area (Å²) < 4.78 is 2.23. The number of hydrogen-bond donors (Lipinski definition) is 1. The highest BCUT2D eigenvalue weighted by molar-refractivity contribution is 5.15. The van der Waals surface area contributed by atoms with Gasteiger partial charge in [0.05, 0.1) is 11.7 Å². The first-order valence-corrected chi connectivity index (χ1v) is 7.06. The zero-order valence-corrected chi connectivity index (χ0v) is 11.2. The normalized spacial score (nSPS) is 18.2. The second kappa shape index (κ2) is 6.20. The van der Waals surface area contributed by atoms with E-state index in [1.807, 2.05) is 0 Å². The van der Waals surface area contributed by atoms with Gasteiger partial charge in [-0.3, -0.25) is 4.68 Å². The van der Waals surface area contributed by atoms with Crippen molar-refractivity contribution in [2.75, 3.05) is 6.54 Å². The van der Waals surface area contributed by atoms with Crippen LogP contribution in [0, 0.1) is 6.92 Å². The highest BCUT2D eigenvalue weighted by Crippen LogP contribution is 2.27. The smallest absolute Gasteiger partial charge is 0.0638 e. The Morgan fingerprint density at radius 2 is 2.00 bits per heavy atom. The Balaban J connectivity index is 2.04. The van der Waals surface area contributed by atoms with E-state index >= 15 is 0 Å². The van der Waals surface area contributed by atoms with Gasteiger partial charge in [0.25, 0.3) is 0 Å². The number of nitrogens with one attached hydrogen (secondary N) is 1. The molecule has 2 rings (SSSR count). The van der Waals surface area contributed by atoms with Gasteiger partial charge >= 0.3 is 0 Å². The van der Waals surface area contributed by atoms with Crippen molar-refractivity contribution >= 4 is 0 Å². The highest BCUT2D eigenvalue weighted by atomic mass is 15.3. The van der Waals surface area contributed by atoms with Crippen molar-refractivity contribution in [3.8, 4) is 0 Å². The highest BCUT2D eigenvalue weighted by Gasteiger charge is 2.16. The molecule has 1 fully saturated rings. The minimum Gasteiger partial charge on any atom is -0.313 e. The van der Waals surface area contributed by atoms with Crippen LogP contribution >= 0.6 is 0 Å². The Labute approximate surface area is 105 Å². The molecule has 0 atom stereocenters. The van der Waals surface area contributed by atoms with E-state index < -0.39 is 0 Å². The molecule has 1 aliphatic rings. The molecule has 1 aromatic heterocycles. The quantitative estimate of drug-likeness (QED) is 0.812. The first-order chi connectivity index (χ1) is 8.31. The lowest BCUT2D eigenvalue weighted by molar-refractivity contribution is 0.404. The van der Waals surface area contributed by atoms with Crippen molar-refractivity contribution in [2.24, 2.45) is 0 Å². The largest absolute Gasteiger partial charge is 0.313 e. The lowest BCUT2D eigenvalue weighted by Gasteiger charge is -2.14. The molecule has 1 saturated carbocycles. The Morgan fingerprint density at radius 1 is 1.29 bits per heavy atom. The van der Waals surface area contributed by atoms with E-state index in [-0.39, 0.29) is 0 Å². The average molecular weight is 235 g/mol. The van der Waals surface area contributed by atoms with Gasteiger partial charge in [0, 0.05) is 18.3 Å². The lowest BCUT2D eigenvalue weighted by atomic mass is 10.1. The maximum atomic E-state index is 4.71. The average Bonchev–Trinajstić information content (AvgIpc) is 2.57. The molecule has 0 aromatic carbocycles. The zero-order valence-electron chi connectivity index (χ0n) is 11.2. The molecular formula is C14H25N3. The van der Waals surface area contributed by atoms with Crippen LogP contribution in [-0.4, -0.2) is 16.3 Å². The van der Waals surface area contributed by atoms with Crippen LogP contribution in [0.5, 0.6) is 0 Å². The van der Waals surface area contributed by atoms with E-state index in [0.717, 1.165) is 13.1 Å². The number of hydrogen-bond acceptors (Lipinski definition) is 2. The second-order valence-corrected chi connectivity index (χ2v) is 5.15. The van der Waals surface area contributed by atoms with Crippen LogP contribution in [0.15, 0.2) is 6.20 Å². The van der Waals surface area contributed by atoms with Crippen LogP contribution in [0.25, 0.3) is 0 Å². The molecule has 1 aliphatic carbocycles. The Kier molecular flexibility index (Phi) is 4.60. The van der Waals surface area contributed by atoms with Gasteiger partial charge in [0.1, 0.15) is 0 Å². The maximum Gasteiger partial charge on any atom is 0.0638 e. The molecule has 0 radical (unpaired) electrons. The SMILES string of the molecule is CCNCc1cn(C2CCCCCC2)nc1C. The Hall–Kier alpha value is -0.830. The van der Waals surface area contributed by atoms with Crippen molar-refractivity contribution in [1.29, 1.82) is 0 Å². The summed E-state index contributed by atoms with van der Waals surface area (Å²) in [6, 6.07) is 0.645. The number of aromatic nitrogens is 2. The summed E-state index contributed by atoms with van der Waals surface area (Å²) in [4.78, 5) is 0. The van der Waals surface area contributed by atoms with Crippen LogP contribution in [0.4, 0.5) is 0 Å². The predicted molar refractivity (Wildman–Crippen MR) is 71.1 cm³/mol. The molecule has 1 aromatic rings. The minimum atomic E-state index is 0.645. The summed E-state index contributed by atoms with van der Waals surface area (Å²) in [5, 5.41) is 8.09. The van der Waals surface area contributed by atoms with Crippen LogP contribution in [0.1, 0.15) is 62.7 Å². The molecule has 3 nitrogen and oxygen atoms in total. The van der Waals surface area contributed by atoms with Crippen molar-refractivity contribution < 1.29 is 0 Å². The third kappa shape index (κ3) is 3.32. The van der Waals surface area contributed by atoms with E-state index in [2.05, 4.69) is 30.0 Å². The number of nitrogens with zero attached hydrogens (tertiary/aromatic N) is 2. The zero-order chi connectivity index (χ0) is 12.1. The van der Waals surface area contributed by atoms with Crippen molar-refractivity contribution in [2.45, 2.75) is 65.0 Å². The summed E-state index contributed by atoms with van der Waals surface area (Å²) in [7, 11) is 0. The van der Waals surface area contributed by atoms with Crippen LogP contribution in [-0.2, 0) is 6.54 Å². The molecule has 0 amide bonds. The van der Waals surface area contributed by atoms with Gasteiger partial charge in [0.15, 0.2) is 0 Å². The Morgan fingerprint density at radius 3 is 2.65 bits per heavy atom. The van der Waals surface area contributed by atoms with Crippen molar-refractivity contribution in [1.82, 2.24) is 15.1 Å². The standard InChI is InChI=1S/C14H25N3/c1-3-15-10-13-11-17(16-12(13)2)14-8-6-4-5-7-9-14/h11,14-15H,3-10H2,1-2H3. The molecule has 0 saturated heterocycles. The molecule has 0 aliphatic heterocycles. The van der Waals surface area contributed by atoms with Crippen molar-refractivity contribution in [3.63, 3.8) is 0 Å². The summed E-state index contributed by atoms with van der Waals surface area (Å²) in [6.07, 6.45) is 10.4. The van der Waals surface area contributed by atoms with Gasteiger partial charge in [-0.15, -0.1) is 0 Å². The fourth-order valence-electron chi connectivity index (χ4n) is 2.66. The van der Waals surface area contributed by atoms with Gasteiger partial charge in [-0.1, -0.05) is 32.6 Å². The van der Waals surface area contributed by atoms with Gasteiger partial charge in [0.2, 0.25) is 0 Å². The predicted octanol–water partition coefficient (Wildman–Crippen LogP) is 3.20. The molecule has 17 heavy (non-hydrogen) atoms. The maximum absolute atomic E-state index is 4.71. The van der Waals surface area contributed by atoms with Gasteiger partial charge in [-0.25, -0.2) is 0 Å².